The predicted octanol–water partition coefficient (Wildman–Crippen LogP) is 9.47. The van der Waals surface area contributed by atoms with E-state index in [1.807, 2.05) is 35.2 Å². The minimum atomic E-state index is -1.16. The van der Waals surface area contributed by atoms with Gasteiger partial charge in [0.15, 0.2) is 5.78 Å². The number of benzene rings is 1. The lowest BCUT2D eigenvalue weighted by Gasteiger charge is -2.72. The lowest BCUT2D eigenvalue weighted by molar-refractivity contribution is -0.233. The summed E-state index contributed by atoms with van der Waals surface area (Å²) < 4.78 is 6.20. The first-order valence-corrected chi connectivity index (χ1v) is 21.7. The van der Waals surface area contributed by atoms with E-state index >= 15 is 0 Å². The second kappa shape index (κ2) is 15.0. The van der Waals surface area contributed by atoms with Crippen LogP contribution < -0.4 is 0 Å². The van der Waals surface area contributed by atoms with Crippen molar-refractivity contribution >= 4 is 23.6 Å². The largest absolute Gasteiger partial charge is 0.481 e. The zero-order valence-corrected chi connectivity index (χ0v) is 36.6. The van der Waals surface area contributed by atoms with Crippen LogP contribution in [0.25, 0.3) is 0 Å². The van der Waals surface area contributed by atoms with E-state index in [-0.39, 0.29) is 51.4 Å². The molecule has 1 aromatic carbocycles. The van der Waals surface area contributed by atoms with Gasteiger partial charge in [0, 0.05) is 42.4 Å². The first-order valence-electron chi connectivity index (χ1n) is 21.7. The summed E-state index contributed by atoms with van der Waals surface area (Å²) >= 11 is 0. The Bertz CT molecular complexity index is 1730. The molecule has 4 fully saturated rings. The van der Waals surface area contributed by atoms with Gasteiger partial charge in [-0.1, -0.05) is 72.2 Å². The normalized spacial score (nSPS) is 35.1. The molecular formula is C48H72N2O6. The monoisotopic (exact) mass is 773 g/mol. The van der Waals surface area contributed by atoms with Crippen molar-refractivity contribution in [2.45, 2.75) is 139 Å². The number of Topliss-reactive ketones (excluding diaryl/α,β-unsaturated/α-hetero) is 1. The number of hydrogen-bond donors (Lipinski definition) is 1. The van der Waals surface area contributed by atoms with Crippen LogP contribution in [0.3, 0.4) is 0 Å². The molecule has 5 aliphatic rings. The maximum atomic E-state index is 14.3. The van der Waals surface area contributed by atoms with Gasteiger partial charge in [0.25, 0.3) is 5.91 Å². The third-order valence-electron chi connectivity index (χ3n) is 16.9. The van der Waals surface area contributed by atoms with Gasteiger partial charge in [0.05, 0.1) is 11.8 Å². The minimum Gasteiger partial charge on any atom is -0.481 e. The van der Waals surface area contributed by atoms with Crippen LogP contribution in [-0.4, -0.2) is 78.4 Å². The fourth-order valence-corrected chi connectivity index (χ4v) is 13.6. The maximum absolute atomic E-state index is 14.3. The molecule has 1 unspecified atom stereocenters. The lowest BCUT2D eigenvalue weighted by Crippen LogP contribution is -2.65. The summed E-state index contributed by atoms with van der Waals surface area (Å²) in [4.78, 5) is 57.3. The van der Waals surface area contributed by atoms with Gasteiger partial charge in [-0.3, -0.25) is 19.2 Å². The summed E-state index contributed by atoms with van der Waals surface area (Å²) in [6.45, 7) is 22.0. The molecular weight excluding hydrogens is 701 g/mol. The Morgan fingerprint density at radius 3 is 2.16 bits per heavy atom. The van der Waals surface area contributed by atoms with E-state index < -0.39 is 17.4 Å². The third-order valence-corrected chi connectivity index (χ3v) is 16.9. The molecule has 0 radical (unpaired) electrons. The van der Waals surface area contributed by atoms with Gasteiger partial charge in [-0.25, -0.2) is 0 Å². The topological polar surface area (TPSA) is 104 Å². The first-order chi connectivity index (χ1) is 26.0. The molecule has 0 saturated heterocycles. The van der Waals surface area contributed by atoms with Crippen molar-refractivity contribution in [2.24, 2.45) is 56.2 Å². The standard InChI is InChI=1S/C48H72N2O6/c1-31(2)39-34(51)29-48(25-26-50(28-27-49(10)11)41(53)32-15-13-12-14-16-32)24-23-46(8)33(40(39)48)17-18-36-45(7)21-20-37(56-38(52)30-43(3,4)42(54)55)44(5,6)35(45)19-22-47(36,46)9/h12-16,31,33,35-37H,17-30H2,1-11H3,(H,54,55)/t33?,35-,36+,37-,45-,46+,47+,48+/m0/s1. The van der Waals surface area contributed by atoms with Gasteiger partial charge in [-0.2, -0.15) is 0 Å². The number of hydrogen-bond acceptors (Lipinski definition) is 6. The molecule has 0 aromatic heterocycles. The third kappa shape index (κ3) is 7.00. The van der Waals surface area contributed by atoms with Crippen LogP contribution in [0.5, 0.6) is 0 Å². The summed E-state index contributed by atoms with van der Waals surface area (Å²) in [5.41, 5.74) is 1.85. The Labute approximate surface area is 337 Å². The Balaban J connectivity index is 1.28. The van der Waals surface area contributed by atoms with Gasteiger partial charge in [-0.15, -0.1) is 0 Å². The average molecular weight is 773 g/mol. The average Bonchev–Trinajstić information content (AvgIpc) is 3.41. The summed E-state index contributed by atoms with van der Waals surface area (Å²) in [6, 6.07) is 9.64. The summed E-state index contributed by atoms with van der Waals surface area (Å²) in [6.07, 6.45) is 9.24. The molecule has 8 heteroatoms. The van der Waals surface area contributed by atoms with E-state index in [1.165, 1.54) is 5.57 Å². The molecule has 8 atom stereocenters. The highest BCUT2D eigenvalue weighted by molar-refractivity contribution is 6.00. The molecule has 56 heavy (non-hydrogen) atoms. The molecule has 1 N–H and O–H groups in total. The molecule has 310 valence electrons. The first kappa shape index (κ1) is 42.6. The Hall–Kier alpha value is -3.00. The van der Waals surface area contributed by atoms with Crippen LogP contribution in [0.15, 0.2) is 41.5 Å². The molecule has 4 saturated carbocycles. The van der Waals surface area contributed by atoms with E-state index in [9.17, 15) is 24.3 Å². The van der Waals surface area contributed by atoms with E-state index in [2.05, 4.69) is 67.5 Å². The summed E-state index contributed by atoms with van der Waals surface area (Å²) in [7, 11) is 4.10. The number of carboxylic acid groups (broad SMARTS) is 1. The number of fused-ring (bicyclic) bond motifs is 7. The predicted molar refractivity (Wildman–Crippen MR) is 221 cm³/mol. The van der Waals surface area contributed by atoms with Crippen molar-refractivity contribution in [3.05, 3.63) is 47.0 Å². The van der Waals surface area contributed by atoms with Crippen molar-refractivity contribution in [3.8, 4) is 0 Å². The number of rotatable bonds is 12. The molecule has 0 spiro atoms. The quantitative estimate of drug-likeness (QED) is 0.211. The van der Waals surface area contributed by atoms with Crippen LogP contribution in [0, 0.1) is 56.2 Å². The second-order valence-electron chi connectivity index (χ2n) is 21.4. The van der Waals surface area contributed by atoms with Gasteiger partial charge in [-0.05, 0) is 143 Å². The number of carboxylic acids is 1. The van der Waals surface area contributed by atoms with Crippen LogP contribution in [0.2, 0.25) is 0 Å². The van der Waals surface area contributed by atoms with E-state index in [1.54, 1.807) is 13.8 Å². The zero-order valence-electron chi connectivity index (χ0n) is 36.6. The zero-order chi connectivity index (χ0) is 41.2. The number of ether oxygens (including phenoxy) is 1. The molecule has 0 bridgehead atoms. The number of nitrogens with zero attached hydrogens (tertiary/aromatic N) is 2. The highest BCUT2D eigenvalue weighted by atomic mass is 16.5. The van der Waals surface area contributed by atoms with Gasteiger partial charge < -0.3 is 19.6 Å². The van der Waals surface area contributed by atoms with Gasteiger partial charge >= 0.3 is 11.9 Å². The van der Waals surface area contributed by atoms with E-state index in [0.29, 0.717) is 48.6 Å². The van der Waals surface area contributed by atoms with E-state index in [0.717, 1.165) is 69.9 Å². The van der Waals surface area contributed by atoms with Gasteiger partial charge in [0.1, 0.15) is 6.10 Å². The van der Waals surface area contributed by atoms with Crippen LogP contribution in [0.4, 0.5) is 0 Å². The highest BCUT2D eigenvalue weighted by Crippen LogP contribution is 2.77. The Kier molecular flexibility index (Phi) is 11.4. The van der Waals surface area contributed by atoms with Crippen molar-refractivity contribution in [1.29, 1.82) is 0 Å². The number of likely N-dealkylation sites (N-methyl/N-ethyl adjacent to an activating group) is 1. The van der Waals surface area contributed by atoms with Crippen LogP contribution in [-0.2, 0) is 19.1 Å². The molecule has 5 aliphatic carbocycles. The smallest absolute Gasteiger partial charge is 0.309 e. The maximum Gasteiger partial charge on any atom is 0.309 e. The minimum absolute atomic E-state index is 0.0355. The molecule has 0 heterocycles. The van der Waals surface area contributed by atoms with Crippen molar-refractivity contribution in [1.82, 2.24) is 9.80 Å². The fraction of sp³-hybridized carbons (Fsp3) is 0.750. The van der Waals surface area contributed by atoms with Crippen molar-refractivity contribution in [3.63, 3.8) is 0 Å². The number of aliphatic carboxylic acids is 1. The van der Waals surface area contributed by atoms with Crippen LogP contribution in [0.1, 0.15) is 143 Å². The molecule has 1 amide bonds. The Morgan fingerprint density at radius 2 is 1.54 bits per heavy atom. The fourth-order valence-electron chi connectivity index (χ4n) is 13.6. The van der Waals surface area contributed by atoms with Crippen LogP contribution >= 0.6 is 0 Å². The number of carbonyl (C=O) groups is 4. The molecule has 8 nitrogen and oxygen atoms in total. The number of carbonyl (C=O) groups excluding carboxylic acids is 3. The SMILES string of the molecule is CC(C)C1=C2C3CC[C@@H]4[C@@]5(C)CC[C@H](OC(=O)CC(C)(C)C(=O)O)C(C)(C)[C@@H]5CC[C@@]4(C)[C@]3(C)CC[C@@]2(CCN(CCN(C)C)C(=O)c2ccccc2)CC1=O. The van der Waals surface area contributed by atoms with Crippen molar-refractivity contribution < 1.29 is 29.0 Å². The molecule has 1 aromatic rings. The number of esters is 1. The lowest BCUT2D eigenvalue weighted by atomic mass is 9.33. The summed E-state index contributed by atoms with van der Waals surface area (Å²) in [5.74, 6) is 0.387. The highest BCUT2D eigenvalue weighted by Gasteiger charge is 2.70. The molecule has 6 rings (SSSR count). The summed E-state index contributed by atoms with van der Waals surface area (Å²) in [5, 5.41) is 9.64. The Morgan fingerprint density at radius 1 is 0.857 bits per heavy atom. The molecule has 0 aliphatic heterocycles. The number of allylic oxidation sites excluding steroid dienone is 2. The van der Waals surface area contributed by atoms with Gasteiger partial charge in [0.2, 0.25) is 0 Å². The number of amides is 1. The number of ketones is 1. The van der Waals surface area contributed by atoms with Crippen molar-refractivity contribution in [2.75, 3.05) is 33.7 Å². The second-order valence-corrected chi connectivity index (χ2v) is 21.4. The van der Waals surface area contributed by atoms with E-state index in [4.69, 9.17) is 4.74 Å².